The quantitative estimate of drug-likeness (QED) is 0.487. The fourth-order valence-corrected chi connectivity index (χ4v) is 1.47. The maximum absolute atomic E-state index is 11.1. The molecule has 0 amide bonds. The van der Waals surface area contributed by atoms with E-state index in [2.05, 4.69) is 20.9 Å². The highest BCUT2D eigenvalue weighted by molar-refractivity contribution is 9.10. The molecule has 5 heteroatoms. The Morgan fingerprint density at radius 3 is 2.73 bits per heavy atom. The summed E-state index contributed by atoms with van der Waals surface area (Å²) in [7, 11) is 3.70. The van der Waals surface area contributed by atoms with E-state index in [-0.39, 0.29) is 0 Å². The number of nitrogens with zero attached hydrogens (tertiary/aromatic N) is 2. The second kappa shape index (κ2) is 5.28. The summed E-state index contributed by atoms with van der Waals surface area (Å²) in [5.41, 5.74) is 0.955. The Morgan fingerprint density at radius 1 is 1.53 bits per heavy atom. The van der Waals surface area contributed by atoms with Gasteiger partial charge in [0.15, 0.2) is 0 Å². The lowest BCUT2D eigenvalue weighted by molar-refractivity contribution is 0.108. The Balaban J connectivity index is 3.12. The molecule has 0 bridgehead atoms. The van der Waals surface area contributed by atoms with Crippen molar-refractivity contribution >= 4 is 44.8 Å². The van der Waals surface area contributed by atoms with E-state index in [0.717, 1.165) is 4.47 Å². The predicted octanol–water partition coefficient (Wildman–Crippen LogP) is 3.05. The average molecular weight is 290 g/mol. The molecule has 0 spiro atoms. The second-order valence-electron chi connectivity index (χ2n) is 3.14. The van der Waals surface area contributed by atoms with Crippen molar-refractivity contribution in [3.8, 4) is 0 Å². The summed E-state index contributed by atoms with van der Waals surface area (Å²) in [5, 5.41) is -0.512. The van der Waals surface area contributed by atoms with Gasteiger partial charge in [-0.2, -0.15) is 0 Å². The second-order valence-corrected chi connectivity index (χ2v) is 4.40. The van der Waals surface area contributed by atoms with Gasteiger partial charge in [0.05, 0.1) is 17.6 Å². The van der Waals surface area contributed by atoms with E-state index >= 15 is 0 Å². The van der Waals surface area contributed by atoms with Crippen molar-refractivity contribution in [2.45, 2.75) is 0 Å². The van der Waals surface area contributed by atoms with Crippen LogP contribution in [0.25, 0.3) is 0 Å². The van der Waals surface area contributed by atoms with Crippen molar-refractivity contribution in [1.82, 2.24) is 4.90 Å². The predicted molar refractivity (Wildman–Crippen MR) is 66.2 cm³/mol. The number of halogens is 2. The maximum Gasteiger partial charge on any atom is 0.254 e. The molecule has 0 radical (unpaired) electrons. The van der Waals surface area contributed by atoms with Crippen LogP contribution in [0, 0.1) is 0 Å². The summed E-state index contributed by atoms with van der Waals surface area (Å²) in [6, 6.07) is 5.20. The van der Waals surface area contributed by atoms with E-state index < -0.39 is 5.24 Å². The molecule has 0 fully saturated rings. The van der Waals surface area contributed by atoms with Crippen LogP contribution in [-0.4, -0.2) is 30.6 Å². The van der Waals surface area contributed by atoms with Crippen LogP contribution in [0.15, 0.2) is 27.7 Å². The smallest absolute Gasteiger partial charge is 0.254 e. The zero-order valence-corrected chi connectivity index (χ0v) is 10.7. The van der Waals surface area contributed by atoms with Crippen LogP contribution in [0.4, 0.5) is 5.69 Å². The molecule has 0 aliphatic heterocycles. The normalized spacial score (nSPS) is 10.7. The molecule has 0 unspecified atom stereocenters. The van der Waals surface area contributed by atoms with Crippen LogP contribution < -0.4 is 0 Å². The van der Waals surface area contributed by atoms with Gasteiger partial charge in [-0.15, -0.1) is 0 Å². The monoisotopic (exact) mass is 288 g/mol. The molecule has 0 aliphatic rings. The van der Waals surface area contributed by atoms with Crippen molar-refractivity contribution in [1.29, 1.82) is 0 Å². The third kappa shape index (κ3) is 3.64. The Labute approximate surface area is 102 Å². The van der Waals surface area contributed by atoms with Crippen molar-refractivity contribution in [3.63, 3.8) is 0 Å². The van der Waals surface area contributed by atoms with E-state index in [0.29, 0.717) is 11.3 Å². The topological polar surface area (TPSA) is 32.7 Å². The summed E-state index contributed by atoms with van der Waals surface area (Å²) in [4.78, 5) is 17.0. The highest BCUT2D eigenvalue weighted by atomic mass is 79.9. The SMILES string of the molecule is CN(C)/C=N/c1ccc(Br)cc1C(=O)Cl. The minimum absolute atomic E-state index is 0.393. The molecule has 3 nitrogen and oxygen atoms in total. The molecular formula is C10H10BrClN2O. The van der Waals surface area contributed by atoms with E-state index in [1.54, 1.807) is 23.4 Å². The van der Waals surface area contributed by atoms with Gasteiger partial charge in [0.25, 0.3) is 5.24 Å². The summed E-state index contributed by atoms with van der Waals surface area (Å²) in [6.45, 7) is 0. The molecule has 1 rings (SSSR count). The Morgan fingerprint density at radius 2 is 2.20 bits per heavy atom. The first-order chi connectivity index (χ1) is 7.00. The first kappa shape index (κ1) is 12.2. The third-order valence-corrected chi connectivity index (χ3v) is 2.29. The summed E-state index contributed by atoms with van der Waals surface area (Å²) < 4.78 is 0.801. The van der Waals surface area contributed by atoms with Gasteiger partial charge in [0.2, 0.25) is 0 Å². The lowest BCUT2D eigenvalue weighted by atomic mass is 10.2. The van der Waals surface area contributed by atoms with E-state index in [4.69, 9.17) is 11.6 Å². The van der Waals surface area contributed by atoms with Crippen LogP contribution >= 0.6 is 27.5 Å². The summed E-state index contributed by atoms with van der Waals surface area (Å²) >= 11 is 8.72. The highest BCUT2D eigenvalue weighted by Crippen LogP contribution is 2.24. The van der Waals surface area contributed by atoms with Gasteiger partial charge in [-0.25, -0.2) is 4.99 Å². The maximum atomic E-state index is 11.1. The van der Waals surface area contributed by atoms with Gasteiger partial charge in [0, 0.05) is 18.6 Å². The zero-order chi connectivity index (χ0) is 11.4. The van der Waals surface area contributed by atoms with Gasteiger partial charge >= 0.3 is 0 Å². The average Bonchev–Trinajstić information content (AvgIpc) is 2.15. The molecule has 0 saturated carbocycles. The first-order valence-electron chi connectivity index (χ1n) is 4.20. The van der Waals surface area contributed by atoms with Gasteiger partial charge < -0.3 is 4.90 Å². The lowest BCUT2D eigenvalue weighted by Gasteiger charge is -2.04. The first-order valence-corrected chi connectivity index (χ1v) is 5.38. The standard InChI is InChI=1S/C10H10BrClN2O/c1-14(2)6-13-9-4-3-7(11)5-8(9)10(12)15/h3-6H,1-2H3/b13-6+. The molecule has 0 saturated heterocycles. The van der Waals surface area contributed by atoms with Gasteiger partial charge in [-0.05, 0) is 29.8 Å². The van der Waals surface area contributed by atoms with Crippen LogP contribution in [0.3, 0.4) is 0 Å². The number of carbonyl (C=O) groups is 1. The van der Waals surface area contributed by atoms with Crippen molar-refractivity contribution in [2.75, 3.05) is 14.1 Å². The van der Waals surface area contributed by atoms with Crippen molar-refractivity contribution < 1.29 is 4.79 Å². The molecule has 0 atom stereocenters. The minimum Gasteiger partial charge on any atom is -0.369 e. The Kier molecular flexibility index (Phi) is 4.29. The molecule has 0 aromatic heterocycles. The van der Waals surface area contributed by atoms with Crippen LogP contribution in [-0.2, 0) is 0 Å². The molecule has 1 aromatic carbocycles. The van der Waals surface area contributed by atoms with Crippen LogP contribution in [0.2, 0.25) is 0 Å². The van der Waals surface area contributed by atoms with Crippen LogP contribution in [0.1, 0.15) is 10.4 Å². The fourth-order valence-electron chi connectivity index (χ4n) is 0.956. The zero-order valence-electron chi connectivity index (χ0n) is 8.37. The summed E-state index contributed by atoms with van der Waals surface area (Å²) in [6.07, 6.45) is 1.62. The number of benzene rings is 1. The van der Waals surface area contributed by atoms with E-state index in [9.17, 15) is 4.79 Å². The number of carbonyl (C=O) groups excluding carboxylic acids is 1. The molecule has 0 heterocycles. The van der Waals surface area contributed by atoms with E-state index in [1.807, 2.05) is 20.2 Å². The lowest BCUT2D eigenvalue weighted by Crippen LogP contribution is -2.07. The third-order valence-electron chi connectivity index (χ3n) is 1.60. The molecule has 0 aliphatic carbocycles. The van der Waals surface area contributed by atoms with Gasteiger partial charge in [-0.1, -0.05) is 15.9 Å². The number of hydrogen-bond acceptors (Lipinski definition) is 2. The molecule has 1 aromatic rings. The van der Waals surface area contributed by atoms with Gasteiger partial charge in [-0.3, -0.25) is 4.79 Å². The summed E-state index contributed by atoms with van der Waals surface area (Å²) in [5.74, 6) is 0. The molecule has 80 valence electrons. The minimum atomic E-state index is -0.512. The Bertz CT molecular complexity index is 404. The molecule has 15 heavy (non-hydrogen) atoms. The van der Waals surface area contributed by atoms with Crippen molar-refractivity contribution in [2.24, 2.45) is 4.99 Å². The molecular weight excluding hydrogens is 279 g/mol. The van der Waals surface area contributed by atoms with Crippen molar-refractivity contribution in [3.05, 3.63) is 28.2 Å². The number of rotatable bonds is 3. The number of hydrogen-bond donors (Lipinski definition) is 0. The molecule has 0 N–H and O–H groups in total. The Hall–Kier alpha value is -0.870. The van der Waals surface area contributed by atoms with E-state index in [1.165, 1.54) is 0 Å². The largest absolute Gasteiger partial charge is 0.369 e. The number of aliphatic imine (C=N–C) groups is 1. The highest BCUT2D eigenvalue weighted by Gasteiger charge is 2.08. The van der Waals surface area contributed by atoms with Gasteiger partial charge in [0.1, 0.15) is 0 Å². The van der Waals surface area contributed by atoms with Crippen LogP contribution in [0.5, 0.6) is 0 Å². The fraction of sp³-hybridized carbons (Fsp3) is 0.200.